The van der Waals surface area contributed by atoms with Gasteiger partial charge in [-0.05, 0) is 11.8 Å². The maximum Gasteiger partial charge on any atom is 0.302 e. The van der Waals surface area contributed by atoms with Gasteiger partial charge >= 0.3 is 5.97 Å². The summed E-state index contributed by atoms with van der Waals surface area (Å²) in [5, 5.41) is 0. The minimum atomic E-state index is -0.216. The highest BCUT2D eigenvalue weighted by molar-refractivity contribution is 5.65. The number of hydrogen-bond donors (Lipinski definition) is 0. The van der Waals surface area contributed by atoms with E-state index < -0.39 is 0 Å². The Morgan fingerprint density at radius 2 is 2.14 bits per heavy atom. The van der Waals surface area contributed by atoms with E-state index in [0.29, 0.717) is 18.4 Å². The van der Waals surface area contributed by atoms with Crippen LogP contribution < -0.4 is 0 Å². The van der Waals surface area contributed by atoms with Crippen LogP contribution in [0.25, 0.3) is 0 Å². The van der Waals surface area contributed by atoms with Crippen LogP contribution in [0.3, 0.4) is 0 Å². The van der Waals surface area contributed by atoms with Crippen molar-refractivity contribution in [3.63, 3.8) is 0 Å². The minimum Gasteiger partial charge on any atom is -0.465 e. The first-order chi connectivity index (χ1) is 6.52. The summed E-state index contributed by atoms with van der Waals surface area (Å²) in [6.07, 6.45) is 4.34. The van der Waals surface area contributed by atoms with Gasteiger partial charge in [-0.15, -0.1) is 0 Å². The van der Waals surface area contributed by atoms with E-state index in [1.54, 1.807) is 0 Å². The second-order valence-electron chi connectivity index (χ2n) is 4.02. The number of allylic oxidation sites excluding steroid dienone is 2. The van der Waals surface area contributed by atoms with Gasteiger partial charge in [0.05, 0.1) is 6.61 Å². The van der Waals surface area contributed by atoms with Crippen LogP contribution in [0, 0.1) is 17.8 Å². The lowest BCUT2D eigenvalue weighted by molar-refractivity contribution is -0.142. The van der Waals surface area contributed by atoms with Gasteiger partial charge in [-0.2, -0.15) is 0 Å². The monoisotopic (exact) mass is 194 g/mol. The number of esters is 1. The molecule has 0 aromatic carbocycles. The van der Waals surface area contributed by atoms with Crippen molar-refractivity contribution >= 4 is 5.97 Å². The van der Waals surface area contributed by atoms with E-state index in [4.69, 9.17) is 4.74 Å². The molecule has 0 spiro atoms. The maximum atomic E-state index is 10.7. The molecule has 0 aromatic rings. The quantitative estimate of drug-likeness (QED) is 0.499. The van der Waals surface area contributed by atoms with E-state index in [9.17, 15) is 4.79 Å². The lowest BCUT2D eigenvalue weighted by Gasteiger charge is -2.30. The molecule has 3 unspecified atom stereocenters. The van der Waals surface area contributed by atoms with Crippen molar-refractivity contribution in [2.75, 3.05) is 6.61 Å². The summed E-state index contributed by atoms with van der Waals surface area (Å²) in [6.45, 7) is 10.2. The number of hydrogen-bond acceptors (Lipinski definition) is 2. The van der Waals surface area contributed by atoms with E-state index in [-0.39, 0.29) is 11.9 Å². The van der Waals surface area contributed by atoms with Gasteiger partial charge in [-0.3, -0.25) is 4.79 Å². The van der Waals surface area contributed by atoms with Gasteiger partial charge in [0, 0.05) is 12.8 Å². The maximum absolute atomic E-state index is 10.7. The third-order valence-electron chi connectivity index (χ3n) is 2.87. The molecule has 0 saturated heterocycles. The Balaban J connectivity index is 2.62. The Morgan fingerprint density at radius 1 is 1.50 bits per heavy atom. The van der Waals surface area contributed by atoms with E-state index in [0.717, 1.165) is 0 Å². The van der Waals surface area contributed by atoms with Gasteiger partial charge in [-0.25, -0.2) is 0 Å². The molecule has 0 fully saturated rings. The first-order valence-electron chi connectivity index (χ1n) is 5.02. The highest BCUT2D eigenvalue weighted by Crippen LogP contribution is 2.32. The van der Waals surface area contributed by atoms with Crippen molar-refractivity contribution < 1.29 is 9.53 Å². The van der Waals surface area contributed by atoms with Crippen molar-refractivity contribution in [1.82, 2.24) is 0 Å². The second kappa shape index (κ2) is 4.45. The number of carbonyl (C=O) groups excluding carboxylic acids is 1. The predicted molar refractivity (Wildman–Crippen MR) is 56.7 cm³/mol. The first-order valence-corrected chi connectivity index (χ1v) is 5.02. The SMILES string of the molecule is C=C1C(C)C=CC(C)C1COC(C)=O. The van der Waals surface area contributed by atoms with Crippen LogP contribution in [0.4, 0.5) is 0 Å². The fraction of sp³-hybridized carbons (Fsp3) is 0.583. The number of carbonyl (C=O) groups is 1. The number of rotatable bonds is 2. The van der Waals surface area contributed by atoms with Crippen molar-refractivity contribution in [3.8, 4) is 0 Å². The lowest BCUT2D eigenvalue weighted by atomic mass is 9.77. The molecule has 1 aliphatic carbocycles. The van der Waals surface area contributed by atoms with E-state index in [1.165, 1.54) is 12.5 Å². The fourth-order valence-electron chi connectivity index (χ4n) is 1.74. The van der Waals surface area contributed by atoms with Gasteiger partial charge in [0.25, 0.3) is 0 Å². The zero-order chi connectivity index (χ0) is 10.7. The molecule has 2 heteroatoms. The van der Waals surface area contributed by atoms with Gasteiger partial charge in [0.2, 0.25) is 0 Å². The Labute approximate surface area is 85.6 Å². The standard InChI is InChI=1S/C12H18O2/c1-8-5-6-9(2)12(10(8)3)7-14-11(4)13/h5-6,8-9,12H,3,7H2,1-2,4H3. The molecular weight excluding hydrogens is 176 g/mol. The zero-order valence-corrected chi connectivity index (χ0v) is 9.12. The summed E-state index contributed by atoms with van der Waals surface area (Å²) in [4.78, 5) is 10.7. The van der Waals surface area contributed by atoms with Crippen LogP contribution in [-0.4, -0.2) is 12.6 Å². The summed E-state index contributed by atoms with van der Waals surface area (Å²) < 4.78 is 5.04. The first kappa shape index (κ1) is 11.0. The summed E-state index contributed by atoms with van der Waals surface area (Å²) in [5.41, 5.74) is 1.17. The molecular formula is C12H18O2. The summed E-state index contributed by atoms with van der Waals surface area (Å²) in [7, 11) is 0. The molecule has 0 bridgehead atoms. The zero-order valence-electron chi connectivity index (χ0n) is 9.12. The molecule has 78 valence electrons. The average Bonchev–Trinajstić information content (AvgIpc) is 2.11. The van der Waals surface area contributed by atoms with Crippen LogP contribution >= 0.6 is 0 Å². The van der Waals surface area contributed by atoms with Gasteiger partial charge < -0.3 is 4.74 Å². The van der Waals surface area contributed by atoms with E-state index >= 15 is 0 Å². The molecule has 0 amide bonds. The topological polar surface area (TPSA) is 26.3 Å². The molecule has 1 aliphatic rings. The predicted octanol–water partition coefficient (Wildman–Crippen LogP) is 2.56. The highest BCUT2D eigenvalue weighted by Gasteiger charge is 2.25. The molecule has 0 aliphatic heterocycles. The van der Waals surface area contributed by atoms with Crippen molar-refractivity contribution in [3.05, 3.63) is 24.3 Å². The molecule has 0 N–H and O–H groups in total. The molecule has 0 heterocycles. The second-order valence-corrected chi connectivity index (χ2v) is 4.02. The normalized spacial score (nSPS) is 31.6. The Kier molecular flexibility index (Phi) is 3.50. The molecule has 1 rings (SSSR count). The molecule has 14 heavy (non-hydrogen) atoms. The van der Waals surface area contributed by atoms with Crippen LogP contribution in [-0.2, 0) is 9.53 Å². The minimum absolute atomic E-state index is 0.216. The van der Waals surface area contributed by atoms with Gasteiger partial charge in [0.1, 0.15) is 0 Å². The Hall–Kier alpha value is -1.05. The third-order valence-corrected chi connectivity index (χ3v) is 2.87. The third kappa shape index (κ3) is 2.47. The smallest absolute Gasteiger partial charge is 0.302 e. The van der Waals surface area contributed by atoms with E-state index in [1.807, 2.05) is 0 Å². The molecule has 3 atom stereocenters. The van der Waals surface area contributed by atoms with Crippen LogP contribution in [0.15, 0.2) is 24.3 Å². The molecule has 0 aromatic heterocycles. The van der Waals surface area contributed by atoms with Crippen LogP contribution in [0.5, 0.6) is 0 Å². The average molecular weight is 194 g/mol. The van der Waals surface area contributed by atoms with Gasteiger partial charge in [-0.1, -0.05) is 38.2 Å². The van der Waals surface area contributed by atoms with Crippen molar-refractivity contribution in [1.29, 1.82) is 0 Å². The van der Waals surface area contributed by atoms with Crippen LogP contribution in [0.1, 0.15) is 20.8 Å². The molecule has 2 nitrogen and oxygen atoms in total. The summed E-state index contributed by atoms with van der Waals surface area (Å²) >= 11 is 0. The van der Waals surface area contributed by atoms with Crippen molar-refractivity contribution in [2.24, 2.45) is 17.8 Å². The molecule has 0 saturated carbocycles. The Bertz CT molecular complexity index is 265. The van der Waals surface area contributed by atoms with Crippen molar-refractivity contribution in [2.45, 2.75) is 20.8 Å². The summed E-state index contributed by atoms with van der Waals surface area (Å²) in [5.74, 6) is 0.871. The van der Waals surface area contributed by atoms with Crippen LogP contribution in [0.2, 0.25) is 0 Å². The lowest BCUT2D eigenvalue weighted by Crippen LogP contribution is -2.25. The largest absolute Gasteiger partial charge is 0.465 e. The highest BCUT2D eigenvalue weighted by atomic mass is 16.5. The number of ether oxygens (including phenoxy) is 1. The van der Waals surface area contributed by atoms with E-state index in [2.05, 4.69) is 32.6 Å². The van der Waals surface area contributed by atoms with Gasteiger partial charge in [0.15, 0.2) is 0 Å². The molecule has 0 radical (unpaired) electrons. The fourth-order valence-corrected chi connectivity index (χ4v) is 1.74. The summed E-state index contributed by atoms with van der Waals surface area (Å²) in [6, 6.07) is 0. The Morgan fingerprint density at radius 3 is 2.71 bits per heavy atom.